The van der Waals surface area contributed by atoms with Crippen molar-refractivity contribution in [3.8, 4) is 66.8 Å². The summed E-state index contributed by atoms with van der Waals surface area (Å²) in [7, 11) is -3.02. The Morgan fingerprint density at radius 2 is 0.614 bits per heavy atom. The average molecular weight is 935 g/mol. The normalized spacial score (nSPS) is 15.1. The second kappa shape index (κ2) is 14.4. The van der Waals surface area contributed by atoms with Crippen molar-refractivity contribution in [3.63, 3.8) is 0 Å². The Bertz CT molecular complexity index is 4100. The van der Waals surface area contributed by atoms with Crippen LogP contribution < -0.4 is 0 Å². The molecule has 0 fully saturated rings. The van der Waals surface area contributed by atoms with Crippen molar-refractivity contribution in [2.24, 2.45) is 0 Å². The summed E-state index contributed by atoms with van der Waals surface area (Å²) in [6.07, 6.45) is 9.95. The molecule has 0 aliphatic carbocycles. The quantitative estimate of drug-likeness (QED) is 0.176. The lowest BCUT2D eigenvalue weighted by molar-refractivity contribution is 0.668. The van der Waals surface area contributed by atoms with E-state index < -0.39 is 20.1 Å². The molecule has 0 radical (unpaired) electrons. The summed E-state index contributed by atoms with van der Waals surface area (Å²) < 4.78 is 14.2. The summed E-state index contributed by atoms with van der Waals surface area (Å²) in [5, 5.41) is 9.72. The molecule has 0 N–H and O–H groups in total. The lowest BCUT2D eigenvalue weighted by atomic mass is 9.91. The lowest BCUT2D eigenvalue weighted by Gasteiger charge is -2.30. The summed E-state index contributed by atoms with van der Waals surface area (Å²) in [6.45, 7) is 0. The van der Waals surface area contributed by atoms with Crippen molar-refractivity contribution in [1.82, 2.24) is 0 Å². The largest absolute Gasteiger partial charge is 0.455 e. The van der Waals surface area contributed by atoms with Crippen LogP contribution in [0.1, 0.15) is 0 Å². The van der Waals surface area contributed by atoms with Crippen molar-refractivity contribution in [1.29, 1.82) is 0 Å². The van der Waals surface area contributed by atoms with Crippen molar-refractivity contribution in [3.05, 3.63) is 206 Å². The number of furan rings is 2. The molecule has 0 amide bonds. The summed E-state index contributed by atoms with van der Waals surface area (Å²) in [5.74, 6) is 0. The van der Waals surface area contributed by atoms with Crippen LogP contribution in [0.25, 0.3) is 132 Å². The molecule has 4 heteroatoms. The second-order valence-electron chi connectivity index (χ2n) is 19.9. The molecule has 70 heavy (non-hydrogen) atoms. The van der Waals surface area contributed by atoms with Crippen LogP contribution >= 0.6 is 20.1 Å². The van der Waals surface area contributed by atoms with Gasteiger partial charge in [0.05, 0.1) is 0 Å². The fraction of sp³-hybridized carbons (Fsp3) is 0.0606. The summed E-state index contributed by atoms with van der Waals surface area (Å²) in [6, 6.07) is 76.3. The number of benzene rings is 11. The molecule has 13 aromatic rings. The van der Waals surface area contributed by atoms with E-state index >= 15 is 0 Å². The van der Waals surface area contributed by atoms with Gasteiger partial charge in [-0.1, -0.05) is 170 Å². The van der Waals surface area contributed by atoms with E-state index in [1.165, 1.54) is 119 Å². The van der Waals surface area contributed by atoms with Gasteiger partial charge in [0.1, 0.15) is 22.3 Å². The van der Waals surface area contributed by atoms with Crippen LogP contribution in [0.5, 0.6) is 0 Å². The van der Waals surface area contributed by atoms with E-state index in [4.69, 9.17) is 8.83 Å². The van der Waals surface area contributed by atoms with Gasteiger partial charge in [-0.15, -0.1) is 0 Å². The summed E-state index contributed by atoms with van der Waals surface area (Å²) in [5.41, 5.74) is 18.7. The molecular weight excluding hydrogens is 889 g/mol. The maximum Gasteiger partial charge on any atom is 0.144 e. The van der Waals surface area contributed by atoms with Crippen LogP contribution in [0, 0.1) is 0 Å². The molecule has 2 nitrogen and oxygen atoms in total. The predicted molar refractivity (Wildman–Crippen MR) is 301 cm³/mol. The van der Waals surface area contributed by atoms with E-state index in [1.54, 1.807) is 0 Å². The molecule has 2 aromatic heterocycles. The van der Waals surface area contributed by atoms with E-state index in [0.717, 1.165) is 33.1 Å². The average Bonchev–Trinajstić information content (AvgIpc) is 4.10. The van der Waals surface area contributed by atoms with Gasteiger partial charge in [-0.2, -0.15) is 20.1 Å². The van der Waals surface area contributed by atoms with Gasteiger partial charge in [0.2, 0.25) is 0 Å². The highest BCUT2D eigenvalue weighted by molar-refractivity contribution is 8.33. The third-order valence-electron chi connectivity index (χ3n) is 15.6. The zero-order valence-electron chi connectivity index (χ0n) is 39.3. The molecule has 2 aliphatic heterocycles. The maximum atomic E-state index is 7.10. The van der Waals surface area contributed by atoms with Gasteiger partial charge < -0.3 is 8.83 Å². The van der Waals surface area contributed by atoms with Gasteiger partial charge in [0.25, 0.3) is 0 Å². The first-order valence-corrected chi connectivity index (χ1v) is 28.9. The van der Waals surface area contributed by atoms with Gasteiger partial charge in [-0.05, 0) is 127 Å². The summed E-state index contributed by atoms with van der Waals surface area (Å²) in [4.78, 5) is 5.59. The van der Waals surface area contributed by atoms with Crippen molar-refractivity contribution in [2.45, 2.75) is 19.6 Å². The van der Waals surface area contributed by atoms with Crippen LogP contribution in [-0.4, -0.2) is 25.0 Å². The Labute approximate surface area is 409 Å². The molecule has 4 heterocycles. The van der Waals surface area contributed by atoms with Crippen LogP contribution in [0.15, 0.2) is 235 Å². The van der Waals surface area contributed by atoms with Crippen LogP contribution in [-0.2, 0) is 0 Å². The van der Waals surface area contributed by atoms with E-state index in [-0.39, 0.29) is 0 Å². The molecule has 2 aliphatic rings. The number of para-hydroxylation sites is 2. The third-order valence-corrected chi connectivity index (χ3v) is 21.4. The molecule has 0 saturated carbocycles. The number of fused-ring (bicyclic) bond motifs is 16. The standard InChI is InChI=1S/C66H46O2S2/c1-69(2)57-37-54-58(38-53(57)63-59(69)35-51(61-49-21-9-11-25-55(49)67-65(61)63)43-31-27-41(28-32-43)47-23-13-17-39-15-5-7-19-45(39)47)70(3,4)60-36-52(62-50-22-10-12-26-56(50)68-66(62)64(54)60)44-33-29-42(30-34-44)48-24-14-18-40-16-6-8-20-46(40)48/h5-38H,1-4H3. The highest BCUT2D eigenvalue weighted by Gasteiger charge is 2.42. The van der Waals surface area contributed by atoms with E-state index in [2.05, 4.69) is 231 Å². The van der Waals surface area contributed by atoms with Crippen molar-refractivity contribution >= 4 is 85.5 Å². The molecule has 0 spiro atoms. The molecular formula is C66H46O2S2. The number of hydrogen-bond donors (Lipinski definition) is 0. The molecule has 0 bridgehead atoms. The number of rotatable bonds is 4. The fourth-order valence-corrected chi connectivity index (χ4v) is 17.1. The highest BCUT2D eigenvalue weighted by atomic mass is 32.3. The molecule has 0 atom stereocenters. The second-order valence-corrected chi connectivity index (χ2v) is 27.0. The number of hydrogen-bond acceptors (Lipinski definition) is 2. The van der Waals surface area contributed by atoms with Gasteiger partial charge >= 0.3 is 0 Å². The molecule has 11 aromatic carbocycles. The minimum absolute atomic E-state index is 0.922. The van der Waals surface area contributed by atoms with Gasteiger partial charge in [0.15, 0.2) is 0 Å². The maximum absolute atomic E-state index is 7.10. The first-order chi connectivity index (χ1) is 34.2. The van der Waals surface area contributed by atoms with E-state index in [9.17, 15) is 0 Å². The van der Waals surface area contributed by atoms with Crippen LogP contribution in [0.4, 0.5) is 0 Å². The van der Waals surface area contributed by atoms with Gasteiger partial charge in [-0.25, -0.2) is 0 Å². The fourth-order valence-electron chi connectivity index (χ4n) is 12.2. The van der Waals surface area contributed by atoms with E-state index in [1.807, 2.05) is 0 Å². The Morgan fingerprint density at radius 3 is 1.03 bits per heavy atom. The molecule has 334 valence electrons. The zero-order valence-corrected chi connectivity index (χ0v) is 40.9. The Kier molecular flexibility index (Phi) is 8.26. The predicted octanol–water partition coefficient (Wildman–Crippen LogP) is 19.4. The molecule has 0 saturated heterocycles. The molecule has 15 rings (SSSR count). The highest BCUT2D eigenvalue weighted by Crippen LogP contribution is 2.75. The van der Waals surface area contributed by atoms with Gasteiger partial charge in [-0.3, -0.25) is 0 Å². The van der Waals surface area contributed by atoms with E-state index in [0.29, 0.717) is 0 Å². The zero-order chi connectivity index (χ0) is 46.6. The lowest BCUT2D eigenvalue weighted by Crippen LogP contribution is -1.95. The first-order valence-electron chi connectivity index (χ1n) is 24.0. The third kappa shape index (κ3) is 5.49. The minimum Gasteiger partial charge on any atom is -0.455 e. The van der Waals surface area contributed by atoms with Crippen molar-refractivity contribution in [2.75, 3.05) is 25.0 Å². The Morgan fingerprint density at radius 1 is 0.286 bits per heavy atom. The van der Waals surface area contributed by atoms with Crippen LogP contribution in [0.3, 0.4) is 0 Å². The topological polar surface area (TPSA) is 26.3 Å². The monoisotopic (exact) mass is 934 g/mol. The smallest absolute Gasteiger partial charge is 0.144 e. The molecule has 0 unspecified atom stereocenters. The van der Waals surface area contributed by atoms with Crippen LogP contribution in [0.2, 0.25) is 0 Å². The minimum atomic E-state index is -1.51. The Balaban J connectivity index is 0.910. The Hall–Kier alpha value is -7.76. The summed E-state index contributed by atoms with van der Waals surface area (Å²) >= 11 is 0. The SMILES string of the molecule is CS1(C)c2cc3c(cc2-c2c1cc(-c1ccc(-c4cccc5ccccc45)cc1)c1c2oc2ccccc21)S(C)(C)c1cc(-c2ccc(-c4cccc5ccccc45)cc2)c2c(oc4ccccc42)c1-3. The van der Waals surface area contributed by atoms with Crippen molar-refractivity contribution < 1.29 is 8.83 Å². The first kappa shape index (κ1) is 40.2. The van der Waals surface area contributed by atoms with Gasteiger partial charge in [0, 0.05) is 63.4 Å².